The Kier molecular flexibility index (Phi) is 3.58. The number of fused-ring (bicyclic) bond motifs is 3. The number of imidazole rings is 2. The van der Waals surface area contributed by atoms with Crippen LogP contribution < -0.4 is 0 Å². The van der Waals surface area contributed by atoms with E-state index in [1.54, 1.807) is 12.1 Å². The molecule has 0 aliphatic rings. The van der Waals surface area contributed by atoms with Crippen molar-refractivity contribution < 1.29 is 4.39 Å². The molecule has 2 aromatic heterocycles. The Balaban J connectivity index is 1.89. The van der Waals surface area contributed by atoms with Gasteiger partial charge in [0.15, 0.2) is 0 Å². The van der Waals surface area contributed by atoms with Crippen LogP contribution in [0.3, 0.4) is 0 Å². The Morgan fingerprint density at radius 1 is 1.00 bits per heavy atom. The molecule has 0 unspecified atom stereocenters. The molecule has 4 aromatic rings. The molecule has 0 aliphatic heterocycles. The second kappa shape index (κ2) is 5.76. The van der Waals surface area contributed by atoms with Gasteiger partial charge in [0, 0.05) is 24.8 Å². The number of halogens is 1. The summed E-state index contributed by atoms with van der Waals surface area (Å²) in [4.78, 5) is 6.97. The van der Waals surface area contributed by atoms with Gasteiger partial charge in [-0.05, 0) is 50.5 Å². The maximum Gasteiger partial charge on any atom is 0.215 e. The van der Waals surface area contributed by atoms with Gasteiger partial charge < -0.3 is 9.47 Å². The lowest BCUT2D eigenvalue weighted by Crippen LogP contribution is -2.18. The van der Waals surface area contributed by atoms with Crippen LogP contribution in [0.1, 0.15) is 0 Å². The van der Waals surface area contributed by atoms with Gasteiger partial charge in [-0.1, -0.05) is 12.1 Å². The fraction of sp³-hybridized carbons (Fsp3) is 0.211. The van der Waals surface area contributed by atoms with Crippen molar-refractivity contribution in [3.8, 4) is 11.3 Å². The number of likely N-dealkylation sites (N-methyl/N-ethyl adjacent to an activating group) is 1. The number of hydrogen-bond donors (Lipinski definition) is 0. The molecule has 0 amide bonds. The highest BCUT2D eigenvalue weighted by Gasteiger charge is 2.14. The lowest BCUT2D eigenvalue weighted by Gasteiger charge is -2.10. The van der Waals surface area contributed by atoms with Crippen molar-refractivity contribution in [3.63, 3.8) is 0 Å². The smallest absolute Gasteiger partial charge is 0.215 e. The molecule has 2 heterocycles. The summed E-state index contributed by atoms with van der Waals surface area (Å²) >= 11 is 0. The third-order valence-electron chi connectivity index (χ3n) is 4.27. The molecule has 2 aromatic carbocycles. The third kappa shape index (κ3) is 2.47. The minimum absolute atomic E-state index is 0.233. The maximum atomic E-state index is 13.2. The van der Waals surface area contributed by atoms with E-state index in [1.807, 2.05) is 12.3 Å². The Morgan fingerprint density at radius 2 is 1.71 bits per heavy atom. The second-order valence-electron chi connectivity index (χ2n) is 6.25. The summed E-state index contributed by atoms with van der Waals surface area (Å²) in [5.74, 6) is 0.681. The van der Waals surface area contributed by atoms with Gasteiger partial charge >= 0.3 is 0 Å². The predicted molar refractivity (Wildman–Crippen MR) is 94.6 cm³/mol. The minimum atomic E-state index is -0.233. The lowest BCUT2D eigenvalue weighted by atomic mass is 10.2. The summed E-state index contributed by atoms with van der Waals surface area (Å²) in [5, 5.41) is 0. The van der Waals surface area contributed by atoms with Crippen LogP contribution in [0.15, 0.2) is 54.7 Å². The molecule has 0 N–H and O–H groups in total. The second-order valence-corrected chi connectivity index (χ2v) is 6.25. The summed E-state index contributed by atoms with van der Waals surface area (Å²) < 4.78 is 17.5. The number of aromatic nitrogens is 3. The highest BCUT2D eigenvalue weighted by Crippen LogP contribution is 2.25. The first-order chi connectivity index (χ1) is 11.6. The van der Waals surface area contributed by atoms with E-state index in [9.17, 15) is 4.39 Å². The van der Waals surface area contributed by atoms with E-state index in [0.717, 1.165) is 35.6 Å². The normalized spacial score (nSPS) is 11.8. The van der Waals surface area contributed by atoms with Gasteiger partial charge in [0.2, 0.25) is 5.78 Å². The molecule has 5 heteroatoms. The van der Waals surface area contributed by atoms with Crippen LogP contribution in [0.5, 0.6) is 0 Å². The van der Waals surface area contributed by atoms with Gasteiger partial charge in [0.05, 0.1) is 16.7 Å². The molecule has 0 saturated heterocycles. The molecule has 122 valence electrons. The van der Waals surface area contributed by atoms with Crippen molar-refractivity contribution in [2.24, 2.45) is 0 Å². The first kappa shape index (κ1) is 14.9. The van der Waals surface area contributed by atoms with Crippen molar-refractivity contribution in [1.82, 2.24) is 18.9 Å². The standard InChI is InChI=1S/C19H19FN4/c1-22(2)11-12-23-17-5-3-4-6-18(17)24-13-16(21-19(23)24)14-7-9-15(20)10-8-14/h3-10,13H,11-12H2,1-2H3. The molecule has 0 atom stereocenters. The third-order valence-corrected chi connectivity index (χ3v) is 4.27. The SMILES string of the molecule is CN(C)CCn1c2ccccc2n2cc(-c3ccc(F)cc3)nc12. The van der Waals surface area contributed by atoms with Crippen LogP contribution in [-0.4, -0.2) is 39.5 Å². The first-order valence-electron chi connectivity index (χ1n) is 8.00. The molecule has 0 fully saturated rings. The monoisotopic (exact) mass is 322 g/mol. The van der Waals surface area contributed by atoms with Crippen molar-refractivity contribution in [2.75, 3.05) is 20.6 Å². The zero-order valence-corrected chi connectivity index (χ0v) is 13.8. The van der Waals surface area contributed by atoms with E-state index in [-0.39, 0.29) is 5.82 Å². The van der Waals surface area contributed by atoms with Gasteiger partial charge in [-0.15, -0.1) is 0 Å². The Bertz CT molecular complexity index is 995. The van der Waals surface area contributed by atoms with E-state index in [1.165, 1.54) is 17.6 Å². The number of benzene rings is 2. The van der Waals surface area contributed by atoms with Crippen molar-refractivity contribution in [3.05, 3.63) is 60.5 Å². The zero-order chi connectivity index (χ0) is 16.7. The molecule has 0 aliphatic carbocycles. The Hall–Kier alpha value is -2.66. The summed E-state index contributed by atoms with van der Waals surface area (Å²) in [6.07, 6.45) is 2.02. The van der Waals surface area contributed by atoms with Gasteiger partial charge in [-0.25, -0.2) is 9.37 Å². The van der Waals surface area contributed by atoms with Gasteiger partial charge in [-0.3, -0.25) is 4.40 Å². The summed E-state index contributed by atoms with van der Waals surface area (Å²) in [6.45, 7) is 1.80. The van der Waals surface area contributed by atoms with Gasteiger partial charge in [-0.2, -0.15) is 0 Å². The van der Waals surface area contributed by atoms with Gasteiger partial charge in [0.25, 0.3) is 0 Å². The van der Waals surface area contributed by atoms with Gasteiger partial charge in [0.1, 0.15) is 5.82 Å². The highest BCUT2D eigenvalue weighted by atomic mass is 19.1. The van der Waals surface area contributed by atoms with Crippen LogP contribution in [-0.2, 0) is 6.54 Å². The van der Waals surface area contributed by atoms with Crippen molar-refractivity contribution in [1.29, 1.82) is 0 Å². The van der Waals surface area contributed by atoms with Crippen LogP contribution in [0.2, 0.25) is 0 Å². The fourth-order valence-corrected chi connectivity index (χ4v) is 3.02. The molecule has 0 radical (unpaired) electrons. The largest absolute Gasteiger partial charge is 0.308 e. The fourth-order valence-electron chi connectivity index (χ4n) is 3.02. The maximum absolute atomic E-state index is 13.2. The minimum Gasteiger partial charge on any atom is -0.308 e. The predicted octanol–water partition coefficient (Wildman–Crippen LogP) is 3.66. The molecule has 0 saturated carbocycles. The molecule has 4 rings (SSSR count). The number of nitrogens with zero attached hydrogens (tertiary/aromatic N) is 4. The molecule has 4 nitrogen and oxygen atoms in total. The van der Waals surface area contributed by atoms with E-state index in [0.29, 0.717) is 0 Å². The average Bonchev–Trinajstić information content (AvgIpc) is 3.11. The number of rotatable bonds is 4. The van der Waals surface area contributed by atoms with Crippen LogP contribution in [0.4, 0.5) is 4.39 Å². The molecule has 0 spiro atoms. The van der Waals surface area contributed by atoms with Crippen LogP contribution >= 0.6 is 0 Å². The van der Waals surface area contributed by atoms with Crippen LogP contribution in [0, 0.1) is 5.82 Å². The summed E-state index contributed by atoms with van der Waals surface area (Å²) in [7, 11) is 4.14. The van der Waals surface area contributed by atoms with Crippen LogP contribution in [0.25, 0.3) is 28.1 Å². The number of para-hydroxylation sites is 2. The average molecular weight is 322 g/mol. The number of hydrogen-bond acceptors (Lipinski definition) is 2. The van der Waals surface area contributed by atoms with E-state index in [2.05, 4.69) is 46.2 Å². The molecular formula is C19H19FN4. The zero-order valence-electron chi connectivity index (χ0n) is 13.8. The highest BCUT2D eigenvalue weighted by molar-refractivity contribution is 5.82. The van der Waals surface area contributed by atoms with E-state index in [4.69, 9.17) is 4.98 Å². The lowest BCUT2D eigenvalue weighted by molar-refractivity contribution is 0.388. The molecule has 24 heavy (non-hydrogen) atoms. The topological polar surface area (TPSA) is 25.5 Å². The molecular weight excluding hydrogens is 303 g/mol. The molecule has 0 bridgehead atoms. The van der Waals surface area contributed by atoms with E-state index >= 15 is 0 Å². The summed E-state index contributed by atoms with van der Waals surface area (Å²) in [6, 6.07) is 14.8. The van der Waals surface area contributed by atoms with E-state index < -0.39 is 0 Å². The summed E-state index contributed by atoms with van der Waals surface area (Å²) in [5.41, 5.74) is 4.08. The Morgan fingerprint density at radius 3 is 2.42 bits per heavy atom. The Labute approximate surface area is 139 Å². The first-order valence-corrected chi connectivity index (χ1v) is 8.00. The van der Waals surface area contributed by atoms with Crippen molar-refractivity contribution in [2.45, 2.75) is 6.54 Å². The van der Waals surface area contributed by atoms with Crippen molar-refractivity contribution >= 4 is 16.8 Å². The quantitative estimate of drug-likeness (QED) is 0.573.